The average Bonchev–Trinajstić information content (AvgIpc) is 1.97. The molecule has 0 unspecified atom stereocenters. The maximum Gasteiger partial charge on any atom is 0.160 e. The summed E-state index contributed by atoms with van der Waals surface area (Å²) < 4.78 is 12.6. The van der Waals surface area contributed by atoms with Gasteiger partial charge in [-0.15, -0.1) is 0 Å². The molecule has 0 fully saturated rings. The van der Waals surface area contributed by atoms with E-state index in [1.807, 2.05) is 0 Å². The maximum atomic E-state index is 12.6. The topological polar surface area (TPSA) is 60.7 Å². The summed E-state index contributed by atoms with van der Waals surface area (Å²) in [5.41, 5.74) is -0.0414. The van der Waals surface area contributed by atoms with Gasteiger partial charge in [0.1, 0.15) is 5.82 Å². The van der Waals surface area contributed by atoms with Crippen LogP contribution in [0.15, 0.2) is 12.1 Å². The van der Waals surface area contributed by atoms with Gasteiger partial charge in [0.15, 0.2) is 11.5 Å². The summed E-state index contributed by atoms with van der Waals surface area (Å²) in [5.74, 6) is -1.70. The molecule has 0 amide bonds. The monoisotopic (exact) mass is 158 g/mol. The number of hydrogen-bond acceptors (Lipinski definition) is 3. The van der Waals surface area contributed by atoms with Crippen molar-refractivity contribution in [2.75, 3.05) is 0 Å². The van der Waals surface area contributed by atoms with Crippen molar-refractivity contribution in [2.24, 2.45) is 0 Å². The third-order valence-corrected chi connectivity index (χ3v) is 1.31. The molecule has 0 saturated carbocycles. The number of aliphatic hydroxyl groups excluding tert-OH is 1. The molecule has 1 aromatic rings. The second-order valence-electron chi connectivity index (χ2n) is 2.09. The van der Waals surface area contributed by atoms with Gasteiger partial charge in [-0.25, -0.2) is 4.39 Å². The van der Waals surface area contributed by atoms with Gasteiger partial charge in [-0.2, -0.15) is 0 Å². The Hall–Kier alpha value is -1.29. The fourth-order valence-electron chi connectivity index (χ4n) is 0.716. The fraction of sp³-hybridized carbons (Fsp3) is 0.143. The molecule has 0 aromatic heterocycles. The molecular weight excluding hydrogens is 151 g/mol. The highest BCUT2D eigenvalue weighted by Gasteiger charge is 2.06. The van der Waals surface area contributed by atoms with Gasteiger partial charge in [0.05, 0.1) is 6.61 Å². The molecule has 0 aliphatic heterocycles. The van der Waals surface area contributed by atoms with Crippen molar-refractivity contribution in [3.8, 4) is 11.5 Å². The maximum absolute atomic E-state index is 12.6. The number of phenols is 2. The van der Waals surface area contributed by atoms with E-state index in [0.717, 1.165) is 12.1 Å². The highest BCUT2D eigenvalue weighted by atomic mass is 19.1. The lowest BCUT2D eigenvalue weighted by atomic mass is 10.2. The van der Waals surface area contributed by atoms with Crippen molar-refractivity contribution in [3.63, 3.8) is 0 Å². The lowest BCUT2D eigenvalue weighted by Crippen LogP contribution is -1.88. The molecule has 0 saturated heterocycles. The van der Waals surface area contributed by atoms with E-state index in [9.17, 15) is 4.39 Å². The van der Waals surface area contributed by atoms with Gasteiger partial charge < -0.3 is 15.3 Å². The van der Waals surface area contributed by atoms with E-state index in [1.165, 1.54) is 0 Å². The van der Waals surface area contributed by atoms with E-state index in [0.29, 0.717) is 0 Å². The lowest BCUT2D eigenvalue weighted by molar-refractivity contribution is 0.274. The SMILES string of the molecule is OCc1cc(O)c(O)cc1F. The second-order valence-corrected chi connectivity index (χ2v) is 2.09. The molecule has 0 heterocycles. The Morgan fingerprint density at radius 2 is 1.73 bits per heavy atom. The van der Waals surface area contributed by atoms with Crippen molar-refractivity contribution in [2.45, 2.75) is 6.61 Å². The predicted molar refractivity (Wildman–Crippen MR) is 35.7 cm³/mol. The molecule has 0 atom stereocenters. The summed E-state index contributed by atoms with van der Waals surface area (Å²) in [6.45, 7) is -0.500. The molecule has 0 radical (unpaired) electrons. The Morgan fingerprint density at radius 1 is 1.18 bits per heavy atom. The number of aromatic hydroxyl groups is 2. The molecule has 4 heteroatoms. The summed E-state index contributed by atoms with van der Waals surface area (Å²) in [4.78, 5) is 0. The molecule has 0 bridgehead atoms. The summed E-state index contributed by atoms with van der Waals surface area (Å²) in [6.07, 6.45) is 0. The normalized spacial score (nSPS) is 10.0. The predicted octanol–water partition coefficient (Wildman–Crippen LogP) is 0.729. The van der Waals surface area contributed by atoms with E-state index >= 15 is 0 Å². The fourth-order valence-corrected chi connectivity index (χ4v) is 0.716. The van der Waals surface area contributed by atoms with E-state index < -0.39 is 23.9 Å². The van der Waals surface area contributed by atoms with Crippen LogP contribution in [0.4, 0.5) is 4.39 Å². The van der Waals surface area contributed by atoms with E-state index in [1.54, 1.807) is 0 Å². The first kappa shape index (κ1) is 7.81. The van der Waals surface area contributed by atoms with Gasteiger partial charge >= 0.3 is 0 Å². The molecule has 0 aliphatic rings. The van der Waals surface area contributed by atoms with Crippen molar-refractivity contribution in [3.05, 3.63) is 23.5 Å². The number of hydrogen-bond donors (Lipinski definition) is 3. The van der Waals surface area contributed by atoms with Crippen LogP contribution in [0.2, 0.25) is 0 Å². The first-order valence-electron chi connectivity index (χ1n) is 2.96. The van der Waals surface area contributed by atoms with Crippen LogP contribution in [0.25, 0.3) is 0 Å². The number of halogens is 1. The van der Waals surface area contributed by atoms with Gasteiger partial charge in [-0.3, -0.25) is 0 Å². The van der Waals surface area contributed by atoms with Gasteiger partial charge in [0.2, 0.25) is 0 Å². The zero-order chi connectivity index (χ0) is 8.43. The molecule has 60 valence electrons. The smallest absolute Gasteiger partial charge is 0.160 e. The summed E-state index contributed by atoms with van der Waals surface area (Å²) in [6, 6.07) is 1.73. The van der Waals surface area contributed by atoms with Crippen LogP contribution in [-0.4, -0.2) is 15.3 Å². The molecule has 1 aromatic carbocycles. The van der Waals surface area contributed by atoms with Gasteiger partial charge in [0.25, 0.3) is 0 Å². The molecule has 0 spiro atoms. The van der Waals surface area contributed by atoms with E-state index in [-0.39, 0.29) is 5.56 Å². The number of aliphatic hydroxyl groups is 1. The Kier molecular flexibility index (Phi) is 1.96. The third-order valence-electron chi connectivity index (χ3n) is 1.31. The molecule has 0 aliphatic carbocycles. The standard InChI is InChI=1S/C7H7FO3/c8-5-2-7(11)6(10)1-4(5)3-9/h1-2,9-11H,3H2. The van der Waals surface area contributed by atoms with Gasteiger partial charge in [0, 0.05) is 11.6 Å². The van der Waals surface area contributed by atoms with Crippen LogP contribution in [0.1, 0.15) is 5.56 Å². The quantitative estimate of drug-likeness (QED) is 0.528. The van der Waals surface area contributed by atoms with Gasteiger partial charge in [-0.1, -0.05) is 0 Å². The minimum atomic E-state index is -0.734. The summed E-state index contributed by atoms with van der Waals surface area (Å²) in [5, 5.41) is 26.1. The largest absolute Gasteiger partial charge is 0.504 e. The van der Waals surface area contributed by atoms with Crippen molar-refractivity contribution in [1.82, 2.24) is 0 Å². The Bertz CT molecular complexity index is 273. The van der Waals surface area contributed by atoms with Crippen LogP contribution < -0.4 is 0 Å². The molecule has 11 heavy (non-hydrogen) atoms. The molecule has 3 nitrogen and oxygen atoms in total. The van der Waals surface area contributed by atoms with Crippen LogP contribution in [0.3, 0.4) is 0 Å². The van der Waals surface area contributed by atoms with Gasteiger partial charge in [-0.05, 0) is 6.07 Å². The van der Waals surface area contributed by atoms with Crippen molar-refractivity contribution >= 4 is 0 Å². The zero-order valence-electron chi connectivity index (χ0n) is 5.58. The van der Waals surface area contributed by atoms with E-state index in [4.69, 9.17) is 15.3 Å². The highest BCUT2D eigenvalue weighted by molar-refractivity contribution is 5.41. The van der Waals surface area contributed by atoms with Crippen molar-refractivity contribution in [1.29, 1.82) is 0 Å². The average molecular weight is 158 g/mol. The summed E-state index contributed by atoms with van der Waals surface area (Å²) in [7, 11) is 0. The van der Waals surface area contributed by atoms with Crippen LogP contribution in [-0.2, 0) is 6.61 Å². The first-order chi connectivity index (χ1) is 5.15. The van der Waals surface area contributed by atoms with Crippen LogP contribution in [0.5, 0.6) is 11.5 Å². The zero-order valence-corrected chi connectivity index (χ0v) is 5.58. The summed E-state index contributed by atoms with van der Waals surface area (Å²) >= 11 is 0. The first-order valence-corrected chi connectivity index (χ1v) is 2.96. The van der Waals surface area contributed by atoms with Crippen LogP contribution in [0, 0.1) is 5.82 Å². The molecule has 1 rings (SSSR count). The third kappa shape index (κ3) is 1.40. The van der Waals surface area contributed by atoms with E-state index in [2.05, 4.69) is 0 Å². The Balaban J connectivity index is 3.21. The lowest BCUT2D eigenvalue weighted by Gasteiger charge is -2.01. The van der Waals surface area contributed by atoms with Crippen molar-refractivity contribution < 1.29 is 19.7 Å². The number of benzene rings is 1. The van der Waals surface area contributed by atoms with Crippen LogP contribution >= 0.6 is 0 Å². The molecule has 3 N–H and O–H groups in total. The minimum absolute atomic E-state index is 0.0414. The minimum Gasteiger partial charge on any atom is -0.504 e. The number of rotatable bonds is 1. The Labute approximate surface area is 62.3 Å². The highest BCUT2D eigenvalue weighted by Crippen LogP contribution is 2.27. The second kappa shape index (κ2) is 2.75. The number of phenolic OH excluding ortho intramolecular Hbond substituents is 2. The Morgan fingerprint density at radius 3 is 2.27 bits per heavy atom. The molecular formula is C7H7FO3.